The van der Waals surface area contributed by atoms with Crippen LogP contribution < -0.4 is 80.4 Å². The Kier molecular flexibility index (Phi) is 12.7. The molecule has 3 N–H and O–H groups in total. The first kappa shape index (κ1) is 38.4. The maximum atomic E-state index is 13.5. The number of nitrogens with zero attached hydrogens (tertiary/aromatic N) is 2. The minimum atomic E-state index is -5.03. The Labute approximate surface area is 331 Å². The van der Waals surface area contributed by atoms with E-state index in [1.165, 1.54) is 6.08 Å². The van der Waals surface area contributed by atoms with Gasteiger partial charge < -0.3 is 19.8 Å². The Balaban J connectivity index is 0.00000281. The van der Waals surface area contributed by atoms with Gasteiger partial charge in [-0.3, -0.25) is 20.4 Å². The van der Waals surface area contributed by atoms with Crippen molar-refractivity contribution in [3.63, 3.8) is 0 Å². The summed E-state index contributed by atoms with van der Waals surface area (Å²) in [4.78, 5) is 35.4. The number of carbonyl (C=O) groups excluding carboxylic acids is 3. The Morgan fingerprint density at radius 1 is 0.680 bits per heavy atom. The van der Waals surface area contributed by atoms with Crippen LogP contribution >= 0.6 is 0 Å². The van der Waals surface area contributed by atoms with Crippen LogP contribution in [0, 0.1) is 0 Å². The van der Waals surface area contributed by atoms with E-state index in [0.29, 0.717) is 17.1 Å². The predicted molar refractivity (Wildman–Crippen MR) is 179 cm³/mol. The summed E-state index contributed by atoms with van der Waals surface area (Å²) in [5.41, 5.74) is 9.30. The van der Waals surface area contributed by atoms with Crippen LogP contribution in [0.15, 0.2) is 136 Å². The van der Waals surface area contributed by atoms with E-state index >= 15 is 0 Å². The van der Waals surface area contributed by atoms with Gasteiger partial charge >= 0.3 is 59.1 Å². The number of fused-ring (bicyclic) bond motifs is 1. The van der Waals surface area contributed by atoms with Crippen LogP contribution in [0.1, 0.15) is 15.9 Å². The first-order valence-corrected chi connectivity index (χ1v) is 15.7. The average molecular weight is 704 g/mol. The molecule has 4 aromatic rings. The molecule has 0 bridgehead atoms. The average Bonchev–Trinajstić information content (AvgIpc) is 3.08. The maximum Gasteiger partial charge on any atom is 1.00 e. The Morgan fingerprint density at radius 3 is 1.84 bits per heavy atom. The fourth-order valence-corrected chi connectivity index (χ4v) is 5.51. The number of carboxylic acids is 1. The number of rotatable bonds is 9. The number of para-hydroxylation sites is 1. The third-order valence-corrected chi connectivity index (χ3v) is 8.11. The fraction of sp³-hybridized carbons (Fsp3) is 0. The number of carboxylic acid groups (broad SMARTS) is 1. The molecule has 2 aliphatic rings. The van der Waals surface area contributed by atoms with E-state index in [-0.39, 0.29) is 76.0 Å². The number of ketones is 2. The third kappa shape index (κ3) is 9.01. The number of nitrogens with one attached hydrogen (secondary N) is 3. The van der Waals surface area contributed by atoms with Gasteiger partial charge in [-0.1, -0.05) is 48.5 Å². The number of aliphatic carboxylic acids is 1. The Morgan fingerprint density at radius 2 is 1.26 bits per heavy atom. The fourth-order valence-electron chi connectivity index (χ4n) is 4.86. The van der Waals surface area contributed by atoms with E-state index in [2.05, 4.69) is 26.4 Å². The minimum Gasteiger partial charge on any atom is -0.744 e. The van der Waals surface area contributed by atoms with Crippen molar-refractivity contribution in [1.29, 1.82) is 0 Å². The van der Waals surface area contributed by atoms with Gasteiger partial charge in [-0.15, -0.1) is 0 Å². The van der Waals surface area contributed by atoms with Crippen LogP contribution in [0.3, 0.4) is 0 Å². The van der Waals surface area contributed by atoms with Crippen LogP contribution in [0.25, 0.3) is 17.2 Å². The number of allylic oxidation sites excluding steroid dienone is 4. The topological polar surface area (TPSA) is 192 Å². The summed E-state index contributed by atoms with van der Waals surface area (Å²) in [5, 5.41) is 22.4. The normalized spacial score (nSPS) is 15.2. The molecule has 12 nitrogen and oxygen atoms in total. The second kappa shape index (κ2) is 16.5. The van der Waals surface area contributed by atoms with Gasteiger partial charge in [0.05, 0.1) is 28.0 Å². The van der Waals surface area contributed by atoms with Gasteiger partial charge in [0.2, 0.25) is 5.78 Å². The molecular formula is C35H23N5Na2O7S. The van der Waals surface area contributed by atoms with E-state index in [1.807, 2.05) is 42.5 Å². The zero-order chi connectivity index (χ0) is 33.8. The van der Waals surface area contributed by atoms with Gasteiger partial charge in [0.15, 0.2) is 5.78 Å². The molecule has 6 rings (SSSR count). The van der Waals surface area contributed by atoms with Crippen molar-refractivity contribution in [2.75, 3.05) is 16.2 Å². The van der Waals surface area contributed by atoms with Crippen molar-refractivity contribution < 1.29 is 91.6 Å². The number of benzene rings is 4. The number of hydrogen-bond acceptors (Lipinski definition) is 12. The summed E-state index contributed by atoms with van der Waals surface area (Å²) in [6.07, 6.45) is 4.76. The molecule has 2 aliphatic carbocycles. The number of anilines is 4. The SMILES string of the molecule is O=C([O-])C1=C/C(=N/Nc2ccc(-c3ccc(N/N=C4/C(=O)c5cc(Nc6ccccc6)ccc5C=C4S(=O)(=O)[O-])cc3)cc2)C=CC1=O.[Na+].[Na+]. The molecule has 0 radical (unpaired) electrons. The summed E-state index contributed by atoms with van der Waals surface area (Å²) in [6.45, 7) is 0. The van der Waals surface area contributed by atoms with E-state index in [9.17, 15) is 32.5 Å². The second-order valence-electron chi connectivity index (χ2n) is 10.5. The smallest absolute Gasteiger partial charge is 0.744 e. The van der Waals surface area contributed by atoms with Crippen molar-refractivity contribution in [3.05, 3.63) is 137 Å². The maximum absolute atomic E-state index is 13.5. The quantitative estimate of drug-likeness (QED) is 0.0592. The summed E-state index contributed by atoms with van der Waals surface area (Å²) < 4.78 is 36.4. The third-order valence-electron chi connectivity index (χ3n) is 7.26. The van der Waals surface area contributed by atoms with Crippen molar-refractivity contribution in [1.82, 2.24) is 0 Å². The van der Waals surface area contributed by atoms with Crippen LogP contribution in [-0.2, 0) is 19.7 Å². The predicted octanol–water partition coefficient (Wildman–Crippen LogP) is -1.76. The molecule has 0 amide bonds. The van der Waals surface area contributed by atoms with Gasteiger partial charge in [0.1, 0.15) is 15.8 Å². The number of Topliss-reactive ketones (excluding diaryl/α,β-unsaturated/α-hetero) is 1. The van der Waals surface area contributed by atoms with E-state index < -0.39 is 43.8 Å². The first-order chi connectivity index (χ1) is 23.0. The zero-order valence-corrected chi connectivity index (χ0v) is 31.5. The number of carbonyl (C=O) groups is 3. The van der Waals surface area contributed by atoms with Crippen molar-refractivity contribution in [2.45, 2.75) is 0 Å². The first-order valence-electron chi connectivity index (χ1n) is 14.3. The molecule has 0 fully saturated rings. The van der Waals surface area contributed by atoms with Crippen molar-refractivity contribution >= 4 is 67.9 Å². The monoisotopic (exact) mass is 703 g/mol. The molecule has 4 aromatic carbocycles. The van der Waals surface area contributed by atoms with E-state index in [0.717, 1.165) is 35.0 Å². The van der Waals surface area contributed by atoms with Gasteiger partial charge in [0, 0.05) is 22.5 Å². The molecule has 0 saturated carbocycles. The Hall–Kier alpha value is -4.44. The number of hydrogen-bond donors (Lipinski definition) is 3. The summed E-state index contributed by atoms with van der Waals surface area (Å²) in [6, 6.07) is 28.2. The molecule has 0 heterocycles. The van der Waals surface area contributed by atoms with Gasteiger partial charge in [-0.2, -0.15) is 10.2 Å². The molecule has 0 atom stereocenters. The molecule has 50 heavy (non-hydrogen) atoms. The zero-order valence-electron chi connectivity index (χ0n) is 26.7. The van der Waals surface area contributed by atoms with E-state index in [1.54, 1.807) is 54.6 Å². The summed E-state index contributed by atoms with van der Waals surface area (Å²) in [7, 11) is -5.03. The molecule has 0 saturated heterocycles. The second-order valence-corrected chi connectivity index (χ2v) is 11.9. The molecule has 0 spiro atoms. The number of hydrazone groups is 2. The van der Waals surface area contributed by atoms with Crippen molar-refractivity contribution in [2.24, 2.45) is 10.2 Å². The summed E-state index contributed by atoms with van der Waals surface area (Å²) in [5.74, 6) is -2.96. The largest absolute Gasteiger partial charge is 1.00 e. The molecule has 15 heteroatoms. The molecule has 238 valence electrons. The van der Waals surface area contributed by atoms with Gasteiger partial charge in [-0.25, -0.2) is 8.42 Å². The van der Waals surface area contributed by atoms with E-state index in [4.69, 9.17) is 0 Å². The van der Waals surface area contributed by atoms with Crippen LogP contribution in [0.5, 0.6) is 0 Å². The minimum absolute atomic E-state index is 0. The van der Waals surface area contributed by atoms with Crippen LogP contribution in [0.2, 0.25) is 0 Å². The molecule has 0 aromatic heterocycles. The van der Waals surface area contributed by atoms with Crippen LogP contribution in [-0.4, -0.2) is 41.9 Å². The van der Waals surface area contributed by atoms with Crippen LogP contribution in [0.4, 0.5) is 22.7 Å². The standard InChI is InChI=1S/C35H25N5O7S.2Na/c41-31-17-16-28(20-30(31)35(43)44)39-37-25-11-6-21(7-12-25)22-8-13-26(14-9-22)38-40-33-32(48(45,46)47)18-23-10-15-27(19-29(23)34(33)42)36-24-4-2-1-3-5-24;;/h1-20,36-38H,(H,43,44)(H,45,46,47);;/q;2*+1/p-2/b39-28+,40-33+;;. The molecular weight excluding hydrogens is 680 g/mol. The van der Waals surface area contributed by atoms with Gasteiger partial charge in [0.25, 0.3) is 0 Å². The molecule has 0 unspecified atom stereocenters. The van der Waals surface area contributed by atoms with Gasteiger partial charge in [-0.05, 0) is 89.5 Å². The Bertz CT molecular complexity index is 2230. The summed E-state index contributed by atoms with van der Waals surface area (Å²) >= 11 is 0. The molecule has 0 aliphatic heterocycles. The van der Waals surface area contributed by atoms with Crippen molar-refractivity contribution in [3.8, 4) is 11.1 Å².